The molecular formula is C37H52FN7O4. The highest BCUT2D eigenvalue weighted by molar-refractivity contribution is 5.68. The van der Waals surface area contributed by atoms with E-state index in [9.17, 15) is 14.0 Å². The van der Waals surface area contributed by atoms with Crippen molar-refractivity contribution in [1.29, 1.82) is 0 Å². The number of halogens is 1. The number of unbranched alkanes of at least 4 members (excludes halogenated alkanes) is 3. The molecule has 11 nitrogen and oxygen atoms in total. The first-order valence-electron chi connectivity index (χ1n) is 17.8. The fraction of sp³-hybridized carbons (Fsp3) is 0.595. The van der Waals surface area contributed by atoms with Crippen molar-refractivity contribution in [3.63, 3.8) is 0 Å². The van der Waals surface area contributed by atoms with Gasteiger partial charge in [-0.2, -0.15) is 5.10 Å². The maximum absolute atomic E-state index is 15.0. The molecular weight excluding hydrogens is 625 g/mol. The minimum absolute atomic E-state index is 0.0368. The predicted molar refractivity (Wildman–Crippen MR) is 186 cm³/mol. The second kappa shape index (κ2) is 16.9. The lowest BCUT2D eigenvalue weighted by Gasteiger charge is -2.36. The van der Waals surface area contributed by atoms with Gasteiger partial charge in [-0.3, -0.25) is 4.68 Å². The molecule has 2 fully saturated rings. The van der Waals surface area contributed by atoms with Crippen LogP contribution >= 0.6 is 0 Å². The number of benzene rings is 1. The average Bonchev–Trinajstić information content (AvgIpc) is 3.82. The molecule has 5 rings (SSSR count). The Labute approximate surface area is 289 Å². The second-order valence-corrected chi connectivity index (χ2v) is 14.4. The molecule has 0 aliphatic heterocycles. The Kier molecular flexibility index (Phi) is 12.5. The highest BCUT2D eigenvalue weighted by Crippen LogP contribution is 2.36. The third kappa shape index (κ3) is 11.2. The van der Waals surface area contributed by atoms with E-state index in [1.165, 1.54) is 19.0 Å². The first kappa shape index (κ1) is 36.1. The van der Waals surface area contributed by atoms with E-state index in [2.05, 4.69) is 25.7 Å². The van der Waals surface area contributed by atoms with Crippen LogP contribution in [-0.4, -0.2) is 67.7 Å². The smallest absolute Gasteiger partial charge is 0.410 e. The number of alkyl carbamates (subject to hydrolysis) is 1. The molecule has 1 aromatic carbocycles. The number of carbonyl (C=O) groups is 2. The van der Waals surface area contributed by atoms with Gasteiger partial charge < -0.3 is 25.0 Å². The van der Waals surface area contributed by atoms with Crippen LogP contribution < -0.4 is 10.6 Å². The van der Waals surface area contributed by atoms with Crippen molar-refractivity contribution < 1.29 is 23.5 Å². The number of aryl methyl sites for hydroxylation is 1. The third-order valence-corrected chi connectivity index (χ3v) is 9.11. The number of nitrogens with zero attached hydrogens (tertiary/aromatic N) is 5. The third-order valence-electron chi connectivity index (χ3n) is 9.11. The van der Waals surface area contributed by atoms with E-state index in [1.807, 2.05) is 67.7 Å². The Hall–Kier alpha value is -4.22. The van der Waals surface area contributed by atoms with Crippen LogP contribution in [0, 0.1) is 11.7 Å². The lowest BCUT2D eigenvalue weighted by atomic mass is 9.90. The number of anilines is 1. The van der Waals surface area contributed by atoms with E-state index in [1.54, 1.807) is 6.20 Å². The van der Waals surface area contributed by atoms with Gasteiger partial charge in [0.2, 0.25) is 5.95 Å². The SMILES string of the molecule is Cn1ncc(-c2nc(NC3CCC(N(Cc4ccccc4)C(=O)OCCCCCCNC(=O)OC(C)(C)C)CC3)ncc2F)c1CC1CC1. The van der Waals surface area contributed by atoms with Crippen LogP contribution in [0.25, 0.3) is 11.3 Å². The topological polar surface area (TPSA) is 124 Å². The van der Waals surface area contributed by atoms with Gasteiger partial charge in [0.05, 0.1) is 19.0 Å². The molecule has 0 bridgehead atoms. The first-order valence-corrected chi connectivity index (χ1v) is 17.8. The van der Waals surface area contributed by atoms with Crippen molar-refractivity contribution in [3.05, 3.63) is 59.8 Å². The van der Waals surface area contributed by atoms with Gasteiger partial charge in [0.15, 0.2) is 5.82 Å². The molecule has 49 heavy (non-hydrogen) atoms. The number of hydrogen-bond acceptors (Lipinski definition) is 8. The van der Waals surface area contributed by atoms with Gasteiger partial charge in [-0.1, -0.05) is 36.8 Å². The van der Waals surface area contributed by atoms with E-state index < -0.39 is 17.5 Å². The summed E-state index contributed by atoms with van der Waals surface area (Å²) >= 11 is 0. The lowest BCUT2D eigenvalue weighted by molar-refractivity contribution is 0.0525. The van der Waals surface area contributed by atoms with Crippen LogP contribution in [0.2, 0.25) is 0 Å². The van der Waals surface area contributed by atoms with Gasteiger partial charge in [-0.15, -0.1) is 0 Å². The summed E-state index contributed by atoms with van der Waals surface area (Å²) in [5, 5.41) is 10.6. The van der Waals surface area contributed by atoms with E-state index >= 15 is 0 Å². The highest BCUT2D eigenvalue weighted by atomic mass is 19.1. The van der Waals surface area contributed by atoms with Gasteiger partial charge in [-0.25, -0.2) is 23.9 Å². The van der Waals surface area contributed by atoms with Crippen LogP contribution in [0.4, 0.5) is 19.9 Å². The summed E-state index contributed by atoms with van der Waals surface area (Å²) in [5.41, 5.74) is 2.56. The number of aromatic nitrogens is 4. The number of rotatable bonds is 15. The summed E-state index contributed by atoms with van der Waals surface area (Å²) in [6.45, 7) is 6.91. The van der Waals surface area contributed by atoms with Crippen LogP contribution in [0.1, 0.15) is 96.2 Å². The molecule has 2 aliphatic rings. The van der Waals surface area contributed by atoms with E-state index in [4.69, 9.17) is 9.47 Å². The van der Waals surface area contributed by atoms with Crippen molar-refractivity contribution >= 4 is 18.1 Å². The normalized spacial score (nSPS) is 17.7. The predicted octanol–water partition coefficient (Wildman–Crippen LogP) is 7.42. The number of amides is 2. The van der Waals surface area contributed by atoms with Gasteiger partial charge >= 0.3 is 12.2 Å². The summed E-state index contributed by atoms with van der Waals surface area (Å²) in [5.74, 6) is 0.587. The summed E-state index contributed by atoms with van der Waals surface area (Å²) in [4.78, 5) is 35.9. The number of nitrogens with one attached hydrogen (secondary N) is 2. The molecule has 2 heterocycles. The Balaban J connectivity index is 1.10. The van der Waals surface area contributed by atoms with Crippen LogP contribution in [0.5, 0.6) is 0 Å². The summed E-state index contributed by atoms with van der Waals surface area (Å²) in [7, 11) is 1.89. The maximum Gasteiger partial charge on any atom is 0.410 e. The molecule has 2 N–H and O–H groups in total. The molecule has 2 saturated carbocycles. The van der Waals surface area contributed by atoms with E-state index in [0.717, 1.165) is 74.6 Å². The molecule has 266 valence electrons. The Morgan fingerprint density at radius 3 is 2.45 bits per heavy atom. The van der Waals surface area contributed by atoms with Crippen molar-refractivity contribution in [1.82, 2.24) is 30.0 Å². The highest BCUT2D eigenvalue weighted by Gasteiger charge is 2.31. The van der Waals surface area contributed by atoms with Gasteiger partial charge in [0, 0.05) is 43.5 Å². The van der Waals surface area contributed by atoms with Crippen LogP contribution in [0.15, 0.2) is 42.7 Å². The summed E-state index contributed by atoms with van der Waals surface area (Å²) in [6, 6.07) is 10.1. The van der Waals surface area contributed by atoms with Crippen molar-refractivity contribution in [3.8, 4) is 11.3 Å². The Bertz CT molecular complexity index is 1510. The average molecular weight is 678 g/mol. The minimum Gasteiger partial charge on any atom is -0.449 e. The van der Waals surface area contributed by atoms with Gasteiger partial charge in [0.1, 0.15) is 11.3 Å². The summed E-state index contributed by atoms with van der Waals surface area (Å²) in [6.07, 6.45) is 12.1. The molecule has 0 radical (unpaired) electrons. The van der Waals surface area contributed by atoms with E-state index in [0.29, 0.717) is 31.6 Å². The fourth-order valence-corrected chi connectivity index (χ4v) is 6.29. The first-order chi connectivity index (χ1) is 23.6. The molecule has 12 heteroatoms. The molecule has 2 amide bonds. The van der Waals surface area contributed by atoms with Crippen LogP contribution in [0.3, 0.4) is 0 Å². The maximum atomic E-state index is 15.0. The largest absolute Gasteiger partial charge is 0.449 e. The Morgan fingerprint density at radius 1 is 1.00 bits per heavy atom. The number of ether oxygens (including phenoxy) is 2. The standard InChI is InChI=1S/C37H52FN7O4/c1-37(2,3)49-35(46)39-20-10-5-6-11-21-48-36(47)45(25-27-12-8-7-9-13-27)29-18-16-28(17-19-29)42-34-40-24-31(38)33(43-34)30-23-41-44(4)32(30)22-26-14-15-26/h7-9,12-13,23-24,26,28-29H,5-6,10-11,14-22,25H2,1-4H3,(H,39,46)(H,40,42,43). The second-order valence-electron chi connectivity index (χ2n) is 14.4. The quantitative estimate of drug-likeness (QED) is 0.159. The Morgan fingerprint density at radius 2 is 1.73 bits per heavy atom. The van der Waals surface area contributed by atoms with Crippen molar-refractivity contribution in [2.24, 2.45) is 13.0 Å². The molecule has 2 aliphatic carbocycles. The number of carbonyl (C=O) groups excluding carboxylic acids is 2. The zero-order chi connectivity index (χ0) is 34.8. The number of hydrogen-bond donors (Lipinski definition) is 2. The lowest BCUT2D eigenvalue weighted by Crippen LogP contribution is -2.44. The van der Waals surface area contributed by atoms with Gasteiger partial charge in [0.25, 0.3) is 0 Å². The molecule has 2 aromatic heterocycles. The molecule has 0 atom stereocenters. The van der Waals surface area contributed by atoms with E-state index in [-0.39, 0.29) is 23.9 Å². The zero-order valence-corrected chi connectivity index (χ0v) is 29.4. The zero-order valence-electron chi connectivity index (χ0n) is 29.4. The molecule has 3 aromatic rings. The summed E-state index contributed by atoms with van der Waals surface area (Å²) < 4.78 is 27.8. The van der Waals surface area contributed by atoms with Crippen molar-refractivity contribution in [2.75, 3.05) is 18.5 Å². The molecule has 0 unspecified atom stereocenters. The van der Waals surface area contributed by atoms with Crippen LogP contribution in [-0.2, 0) is 29.5 Å². The van der Waals surface area contributed by atoms with Crippen molar-refractivity contribution in [2.45, 2.75) is 116 Å². The fourth-order valence-electron chi connectivity index (χ4n) is 6.29. The minimum atomic E-state index is -0.512. The van der Waals surface area contributed by atoms with Gasteiger partial charge in [-0.05, 0) is 96.5 Å². The monoisotopic (exact) mass is 677 g/mol. The molecule has 0 saturated heterocycles. The molecule has 0 spiro atoms.